The van der Waals surface area contributed by atoms with Gasteiger partial charge in [-0.3, -0.25) is 4.79 Å². The van der Waals surface area contributed by atoms with Crippen LogP contribution in [-0.4, -0.2) is 31.0 Å². The summed E-state index contributed by atoms with van der Waals surface area (Å²) in [6.45, 7) is 1.55. The molecule has 1 heterocycles. The molecule has 0 unspecified atom stereocenters. The Labute approximate surface area is 154 Å². The van der Waals surface area contributed by atoms with E-state index >= 15 is 0 Å². The molecule has 0 aliphatic carbocycles. The van der Waals surface area contributed by atoms with Crippen molar-refractivity contribution in [3.05, 3.63) is 65.5 Å². The lowest BCUT2D eigenvalue weighted by molar-refractivity contribution is -0.131. The molecule has 1 atom stereocenters. The fraction of sp³-hybridized carbons (Fsp3) is 0.409. The third kappa shape index (κ3) is 4.84. The van der Waals surface area contributed by atoms with Crippen LogP contribution >= 0.6 is 0 Å². The van der Waals surface area contributed by atoms with Gasteiger partial charge in [-0.25, -0.2) is 4.39 Å². The quantitative estimate of drug-likeness (QED) is 0.787. The van der Waals surface area contributed by atoms with Crippen molar-refractivity contribution in [3.8, 4) is 5.75 Å². The molecule has 0 aromatic heterocycles. The smallest absolute Gasteiger partial charge is 0.222 e. The van der Waals surface area contributed by atoms with Gasteiger partial charge in [-0.1, -0.05) is 30.7 Å². The molecule has 0 saturated carbocycles. The lowest BCUT2D eigenvalue weighted by Crippen LogP contribution is -2.34. The number of benzene rings is 2. The van der Waals surface area contributed by atoms with Gasteiger partial charge in [-0.2, -0.15) is 0 Å². The average molecular weight is 355 g/mol. The first-order valence-corrected chi connectivity index (χ1v) is 9.32. The second-order valence-corrected chi connectivity index (χ2v) is 6.93. The molecule has 1 saturated heterocycles. The molecule has 0 N–H and O–H groups in total. The van der Waals surface area contributed by atoms with Crippen molar-refractivity contribution in [3.63, 3.8) is 0 Å². The molecule has 1 aliphatic heterocycles. The third-order valence-electron chi connectivity index (χ3n) is 5.15. The molecule has 1 fully saturated rings. The number of halogens is 1. The van der Waals surface area contributed by atoms with E-state index in [0.29, 0.717) is 12.3 Å². The van der Waals surface area contributed by atoms with Crippen LogP contribution in [0.15, 0.2) is 48.5 Å². The fourth-order valence-corrected chi connectivity index (χ4v) is 3.58. The Morgan fingerprint density at radius 1 is 1.12 bits per heavy atom. The Balaban J connectivity index is 1.59. The van der Waals surface area contributed by atoms with E-state index in [1.165, 1.54) is 12.1 Å². The zero-order valence-corrected chi connectivity index (χ0v) is 15.3. The summed E-state index contributed by atoms with van der Waals surface area (Å²) in [5.74, 6) is 1.11. The number of methoxy groups -OCH3 is 1. The number of likely N-dealkylation sites (tertiary alicyclic amines) is 1. The summed E-state index contributed by atoms with van der Waals surface area (Å²) in [5.41, 5.74) is 2.27. The lowest BCUT2D eigenvalue weighted by Gasteiger charge is -2.25. The molecule has 4 heteroatoms. The summed E-state index contributed by atoms with van der Waals surface area (Å²) in [4.78, 5) is 14.7. The van der Waals surface area contributed by atoms with Gasteiger partial charge in [0.1, 0.15) is 11.6 Å². The fourth-order valence-electron chi connectivity index (χ4n) is 3.58. The van der Waals surface area contributed by atoms with Gasteiger partial charge in [0.25, 0.3) is 0 Å². The highest BCUT2D eigenvalue weighted by molar-refractivity contribution is 5.76. The Hall–Kier alpha value is -2.36. The molecule has 0 radical (unpaired) electrons. The lowest BCUT2D eigenvalue weighted by atomic mass is 9.94. The molecule has 26 heavy (non-hydrogen) atoms. The molecule has 138 valence electrons. The number of carbonyl (C=O) groups is 1. The van der Waals surface area contributed by atoms with Crippen LogP contribution in [-0.2, 0) is 11.2 Å². The molecule has 0 bridgehead atoms. The minimum absolute atomic E-state index is 0.204. The maximum absolute atomic E-state index is 13.2. The number of hydrogen-bond acceptors (Lipinski definition) is 2. The molecule has 0 spiro atoms. The van der Waals surface area contributed by atoms with E-state index in [1.807, 2.05) is 41.3 Å². The van der Waals surface area contributed by atoms with Crippen LogP contribution in [0.2, 0.25) is 0 Å². The van der Waals surface area contributed by atoms with Gasteiger partial charge < -0.3 is 9.64 Å². The molecule has 1 aliphatic rings. The number of hydrogen-bond donors (Lipinski definition) is 0. The Morgan fingerprint density at radius 2 is 1.85 bits per heavy atom. The Kier molecular flexibility index (Phi) is 6.26. The monoisotopic (exact) mass is 355 g/mol. The number of ether oxygens (including phenoxy) is 1. The number of rotatable bonds is 5. The van der Waals surface area contributed by atoms with E-state index < -0.39 is 0 Å². The molecule has 2 aromatic carbocycles. The van der Waals surface area contributed by atoms with Gasteiger partial charge in [0.05, 0.1) is 7.11 Å². The van der Waals surface area contributed by atoms with Gasteiger partial charge in [-0.15, -0.1) is 0 Å². The number of nitrogens with zero attached hydrogens (tertiary/aromatic N) is 1. The minimum Gasteiger partial charge on any atom is -0.497 e. The van der Waals surface area contributed by atoms with E-state index in [4.69, 9.17) is 4.74 Å². The van der Waals surface area contributed by atoms with Gasteiger partial charge in [0.2, 0.25) is 5.91 Å². The highest BCUT2D eigenvalue weighted by Crippen LogP contribution is 2.27. The summed E-state index contributed by atoms with van der Waals surface area (Å²) >= 11 is 0. The molecule has 1 amide bonds. The zero-order valence-electron chi connectivity index (χ0n) is 15.3. The van der Waals surface area contributed by atoms with Crippen LogP contribution in [0.4, 0.5) is 4.39 Å². The highest BCUT2D eigenvalue weighted by Gasteiger charge is 2.23. The summed E-state index contributed by atoms with van der Waals surface area (Å²) in [5, 5.41) is 0. The predicted octanol–water partition coefficient (Wildman–Crippen LogP) is 4.56. The molecule has 2 aromatic rings. The average Bonchev–Trinajstić information content (AvgIpc) is 2.93. The van der Waals surface area contributed by atoms with E-state index in [9.17, 15) is 9.18 Å². The number of amides is 1. The van der Waals surface area contributed by atoms with E-state index in [1.54, 1.807) is 7.11 Å². The second kappa shape index (κ2) is 8.84. The zero-order chi connectivity index (χ0) is 18.4. The van der Waals surface area contributed by atoms with Crippen molar-refractivity contribution >= 4 is 5.91 Å². The highest BCUT2D eigenvalue weighted by atomic mass is 19.1. The second-order valence-electron chi connectivity index (χ2n) is 6.93. The van der Waals surface area contributed by atoms with Crippen LogP contribution in [0.25, 0.3) is 0 Å². The standard InChI is InChI=1S/C22H26FNO2/c1-26-21-12-5-17(6-13-21)7-14-22(25)24-15-3-2-4-19(16-24)18-8-10-20(23)11-9-18/h5-6,8-13,19H,2-4,7,14-16H2,1H3/t19-/m1/s1. The summed E-state index contributed by atoms with van der Waals surface area (Å²) < 4.78 is 18.3. The van der Waals surface area contributed by atoms with Crippen LogP contribution in [0.5, 0.6) is 5.75 Å². The molecular formula is C22H26FNO2. The van der Waals surface area contributed by atoms with Crippen LogP contribution < -0.4 is 4.74 Å². The van der Waals surface area contributed by atoms with Gasteiger partial charge in [0.15, 0.2) is 0 Å². The van der Waals surface area contributed by atoms with Crippen molar-refractivity contribution in [2.75, 3.05) is 20.2 Å². The topological polar surface area (TPSA) is 29.5 Å². The Bertz CT molecular complexity index is 712. The summed E-state index contributed by atoms with van der Waals surface area (Å²) in [6.07, 6.45) is 4.44. The third-order valence-corrected chi connectivity index (χ3v) is 5.15. The summed E-state index contributed by atoms with van der Waals surface area (Å²) in [6, 6.07) is 14.6. The van der Waals surface area contributed by atoms with Gasteiger partial charge in [0, 0.05) is 25.4 Å². The summed E-state index contributed by atoms with van der Waals surface area (Å²) in [7, 11) is 1.65. The maximum Gasteiger partial charge on any atom is 0.222 e. The van der Waals surface area contributed by atoms with Crippen molar-refractivity contribution in [2.24, 2.45) is 0 Å². The number of carbonyl (C=O) groups excluding carboxylic acids is 1. The van der Waals surface area contributed by atoms with Crippen LogP contribution in [0, 0.1) is 5.82 Å². The van der Waals surface area contributed by atoms with E-state index in [0.717, 1.165) is 55.6 Å². The van der Waals surface area contributed by atoms with E-state index in [-0.39, 0.29) is 11.7 Å². The van der Waals surface area contributed by atoms with E-state index in [2.05, 4.69) is 0 Å². The van der Waals surface area contributed by atoms with Crippen LogP contribution in [0.1, 0.15) is 42.7 Å². The van der Waals surface area contributed by atoms with Crippen molar-refractivity contribution in [1.29, 1.82) is 0 Å². The van der Waals surface area contributed by atoms with Crippen LogP contribution in [0.3, 0.4) is 0 Å². The van der Waals surface area contributed by atoms with Crippen molar-refractivity contribution in [2.45, 2.75) is 38.0 Å². The van der Waals surface area contributed by atoms with Gasteiger partial charge in [-0.05, 0) is 54.7 Å². The number of aryl methyl sites for hydroxylation is 1. The first-order chi connectivity index (χ1) is 12.7. The first kappa shape index (κ1) is 18.4. The van der Waals surface area contributed by atoms with Gasteiger partial charge >= 0.3 is 0 Å². The maximum atomic E-state index is 13.2. The minimum atomic E-state index is -0.213. The first-order valence-electron chi connectivity index (χ1n) is 9.32. The molecular weight excluding hydrogens is 329 g/mol. The molecule has 3 rings (SSSR count). The SMILES string of the molecule is COc1ccc(CCC(=O)N2CCCC[C@@H](c3ccc(F)cc3)C2)cc1. The predicted molar refractivity (Wildman–Crippen MR) is 101 cm³/mol. The van der Waals surface area contributed by atoms with Crippen molar-refractivity contribution < 1.29 is 13.9 Å². The van der Waals surface area contributed by atoms with Crippen molar-refractivity contribution in [1.82, 2.24) is 4.90 Å². The Morgan fingerprint density at radius 3 is 2.54 bits per heavy atom. The molecule has 3 nitrogen and oxygen atoms in total. The largest absolute Gasteiger partial charge is 0.497 e. The normalized spacial score (nSPS) is 17.6.